The normalized spacial score (nSPS) is 22.9. The number of morpholine rings is 1. The zero-order valence-electron chi connectivity index (χ0n) is 14.7. The number of carbonyl (C=O) groups excluding carboxylic acids is 1. The lowest BCUT2D eigenvalue weighted by atomic mass is 10.1. The van der Waals surface area contributed by atoms with Crippen molar-refractivity contribution in [3.8, 4) is 5.75 Å². The molecule has 0 radical (unpaired) electrons. The second-order valence-electron chi connectivity index (χ2n) is 6.62. The number of hydrogen-bond donors (Lipinski definition) is 2. The molecule has 26 heavy (non-hydrogen) atoms. The molecule has 0 saturated carbocycles. The molecule has 8 heteroatoms. The van der Waals surface area contributed by atoms with Gasteiger partial charge in [0.1, 0.15) is 12.4 Å². The minimum absolute atomic E-state index is 0.246. The Morgan fingerprint density at radius 3 is 2.85 bits per heavy atom. The van der Waals surface area contributed by atoms with Crippen LogP contribution in [0.3, 0.4) is 0 Å². The second-order valence-corrected chi connectivity index (χ2v) is 6.62. The summed E-state index contributed by atoms with van der Waals surface area (Å²) in [5.74, 6) is -2.53. The van der Waals surface area contributed by atoms with Gasteiger partial charge in [-0.3, -0.25) is 15.0 Å². The van der Waals surface area contributed by atoms with Crippen molar-refractivity contribution in [3.05, 3.63) is 29.8 Å². The van der Waals surface area contributed by atoms with Gasteiger partial charge in [0.05, 0.1) is 25.8 Å². The van der Waals surface area contributed by atoms with Crippen molar-refractivity contribution in [3.63, 3.8) is 0 Å². The summed E-state index contributed by atoms with van der Waals surface area (Å²) >= 11 is 0. The van der Waals surface area contributed by atoms with Crippen molar-refractivity contribution < 1.29 is 23.0 Å². The molecule has 2 saturated heterocycles. The minimum Gasteiger partial charge on any atom is -0.492 e. The molecule has 0 aliphatic carbocycles. The molecule has 1 aromatic rings. The van der Waals surface area contributed by atoms with Gasteiger partial charge in [-0.2, -0.15) is 0 Å². The molecule has 3 rings (SSSR count). The second kappa shape index (κ2) is 8.75. The summed E-state index contributed by atoms with van der Waals surface area (Å²) in [6, 6.07) is 6.59. The molecule has 0 aromatic heterocycles. The molecule has 1 aromatic carbocycles. The Bertz CT molecular complexity index is 609. The third-order valence-electron chi connectivity index (χ3n) is 4.62. The van der Waals surface area contributed by atoms with Crippen LogP contribution in [0.2, 0.25) is 0 Å². The lowest BCUT2D eigenvalue weighted by Crippen LogP contribution is -2.40. The average molecular weight is 369 g/mol. The third kappa shape index (κ3) is 5.36. The Kier molecular flexibility index (Phi) is 6.39. The molecule has 2 aliphatic heterocycles. The molecule has 1 amide bonds. The van der Waals surface area contributed by atoms with E-state index in [-0.39, 0.29) is 6.54 Å². The number of nitrogens with zero attached hydrogens (tertiary/aromatic N) is 1. The van der Waals surface area contributed by atoms with E-state index in [0.717, 1.165) is 38.4 Å². The Hall–Kier alpha value is -1.77. The minimum atomic E-state index is -2.82. The predicted octanol–water partition coefficient (Wildman–Crippen LogP) is 1.01. The summed E-state index contributed by atoms with van der Waals surface area (Å²) in [5.41, 5.74) is 0.826. The van der Waals surface area contributed by atoms with Crippen molar-refractivity contribution in [2.45, 2.75) is 24.9 Å². The molecule has 1 unspecified atom stereocenters. The number of rotatable bonds is 7. The molecule has 2 N–H and O–H groups in total. The number of benzene rings is 1. The summed E-state index contributed by atoms with van der Waals surface area (Å²) in [4.78, 5) is 14.3. The molecule has 144 valence electrons. The summed E-state index contributed by atoms with van der Waals surface area (Å²) < 4.78 is 37.6. The van der Waals surface area contributed by atoms with E-state index in [1.807, 2.05) is 24.3 Å². The molecule has 2 fully saturated rings. The maximum Gasteiger partial charge on any atom is 0.262 e. The van der Waals surface area contributed by atoms with Gasteiger partial charge >= 0.3 is 0 Å². The number of nitrogens with one attached hydrogen (secondary N) is 2. The van der Waals surface area contributed by atoms with E-state index in [0.29, 0.717) is 12.4 Å². The topological polar surface area (TPSA) is 62.8 Å². The van der Waals surface area contributed by atoms with Gasteiger partial charge in [0.15, 0.2) is 0 Å². The zero-order valence-corrected chi connectivity index (χ0v) is 14.7. The van der Waals surface area contributed by atoms with Gasteiger partial charge in [-0.05, 0) is 6.07 Å². The molecule has 2 aliphatic rings. The van der Waals surface area contributed by atoms with E-state index in [1.165, 1.54) is 0 Å². The van der Waals surface area contributed by atoms with Crippen LogP contribution >= 0.6 is 0 Å². The molecule has 1 atom stereocenters. The molecule has 2 heterocycles. The number of halogens is 2. The van der Waals surface area contributed by atoms with Crippen molar-refractivity contribution in [1.29, 1.82) is 0 Å². The van der Waals surface area contributed by atoms with Crippen LogP contribution in [0.5, 0.6) is 5.75 Å². The first-order valence-electron chi connectivity index (χ1n) is 8.93. The highest BCUT2D eigenvalue weighted by atomic mass is 19.3. The van der Waals surface area contributed by atoms with E-state index >= 15 is 0 Å². The first kappa shape index (κ1) is 19.0. The number of hydrogen-bond acceptors (Lipinski definition) is 5. The maximum absolute atomic E-state index is 13.2. The van der Waals surface area contributed by atoms with Crippen LogP contribution in [0.4, 0.5) is 8.78 Å². The fraction of sp³-hybridized carbons (Fsp3) is 0.611. The largest absolute Gasteiger partial charge is 0.492 e. The Morgan fingerprint density at radius 1 is 1.35 bits per heavy atom. The van der Waals surface area contributed by atoms with Gasteiger partial charge in [0, 0.05) is 38.2 Å². The van der Waals surface area contributed by atoms with Crippen molar-refractivity contribution in [2.75, 3.05) is 46.0 Å². The van der Waals surface area contributed by atoms with Gasteiger partial charge in [0.2, 0.25) is 5.91 Å². The summed E-state index contributed by atoms with van der Waals surface area (Å²) in [6.45, 7) is 4.45. The van der Waals surface area contributed by atoms with Gasteiger partial charge in [-0.25, -0.2) is 8.78 Å². The van der Waals surface area contributed by atoms with Gasteiger partial charge in [-0.1, -0.05) is 18.2 Å². The van der Waals surface area contributed by atoms with Crippen LogP contribution in [-0.2, 0) is 16.1 Å². The van der Waals surface area contributed by atoms with Crippen LogP contribution in [0, 0.1) is 0 Å². The molecule has 0 bridgehead atoms. The van der Waals surface area contributed by atoms with Crippen LogP contribution in [0.1, 0.15) is 12.0 Å². The van der Waals surface area contributed by atoms with Gasteiger partial charge in [-0.15, -0.1) is 0 Å². The predicted molar refractivity (Wildman–Crippen MR) is 92.4 cm³/mol. The molecule has 0 spiro atoms. The lowest BCUT2D eigenvalue weighted by molar-refractivity contribution is -0.123. The Labute approximate surface area is 151 Å². The van der Waals surface area contributed by atoms with Gasteiger partial charge < -0.3 is 14.8 Å². The average Bonchev–Trinajstić information content (AvgIpc) is 3.01. The van der Waals surface area contributed by atoms with Crippen LogP contribution in [0.15, 0.2) is 24.3 Å². The molecular formula is C18H25F2N3O3. The summed E-state index contributed by atoms with van der Waals surface area (Å²) in [7, 11) is 0. The monoisotopic (exact) mass is 369 g/mol. The van der Waals surface area contributed by atoms with E-state index in [2.05, 4.69) is 15.5 Å². The fourth-order valence-corrected chi connectivity index (χ4v) is 3.11. The third-order valence-corrected chi connectivity index (χ3v) is 4.62. The highest BCUT2D eigenvalue weighted by Gasteiger charge is 2.42. The Balaban J connectivity index is 1.46. The summed E-state index contributed by atoms with van der Waals surface area (Å²) in [5, 5.41) is 5.28. The number of para-hydroxylation sites is 1. The molecule has 6 nitrogen and oxygen atoms in total. The summed E-state index contributed by atoms with van der Waals surface area (Å²) in [6.07, 6.45) is -0.462. The first-order chi connectivity index (χ1) is 12.5. The fourth-order valence-electron chi connectivity index (χ4n) is 3.11. The number of amides is 1. The first-order valence-corrected chi connectivity index (χ1v) is 8.93. The van der Waals surface area contributed by atoms with Crippen molar-refractivity contribution in [2.24, 2.45) is 0 Å². The van der Waals surface area contributed by atoms with Crippen molar-refractivity contribution >= 4 is 5.91 Å². The van der Waals surface area contributed by atoms with Gasteiger partial charge in [0.25, 0.3) is 5.92 Å². The smallest absolute Gasteiger partial charge is 0.262 e. The highest BCUT2D eigenvalue weighted by Crippen LogP contribution is 2.25. The van der Waals surface area contributed by atoms with E-state index in [1.54, 1.807) is 0 Å². The quantitative estimate of drug-likeness (QED) is 0.751. The highest BCUT2D eigenvalue weighted by molar-refractivity contribution is 5.82. The van der Waals surface area contributed by atoms with E-state index in [4.69, 9.17) is 9.47 Å². The standard InChI is InChI=1S/C18H25F2N3O3/c19-18(20)11-15(22-13-18)17(24)21-12-14-3-1-2-4-16(14)26-10-7-23-5-8-25-9-6-23/h1-4,15,22H,5-13H2,(H,21,24). The zero-order chi connectivity index (χ0) is 18.4. The van der Waals surface area contributed by atoms with E-state index < -0.39 is 30.8 Å². The SMILES string of the molecule is O=C(NCc1ccccc1OCCN1CCOCC1)C1CC(F)(F)CN1. The maximum atomic E-state index is 13.2. The van der Waals surface area contributed by atoms with Crippen molar-refractivity contribution in [1.82, 2.24) is 15.5 Å². The number of ether oxygens (including phenoxy) is 2. The number of alkyl halides is 2. The van der Waals surface area contributed by atoms with Crippen LogP contribution < -0.4 is 15.4 Å². The lowest BCUT2D eigenvalue weighted by Gasteiger charge is -2.26. The number of carbonyl (C=O) groups is 1. The van der Waals surface area contributed by atoms with Crippen LogP contribution in [-0.4, -0.2) is 68.8 Å². The van der Waals surface area contributed by atoms with E-state index in [9.17, 15) is 13.6 Å². The van der Waals surface area contributed by atoms with Crippen LogP contribution in [0.25, 0.3) is 0 Å². The Morgan fingerprint density at radius 2 is 2.12 bits per heavy atom. The molecular weight excluding hydrogens is 344 g/mol.